The van der Waals surface area contributed by atoms with Gasteiger partial charge < -0.3 is 14.8 Å². The van der Waals surface area contributed by atoms with E-state index in [1.165, 1.54) is 0 Å². The van der Waals surface area contributed by atoms with Crippen LogP contribution in [0.1, 0.15) is 5.69 Å². The van der Waals surface area contributed by atoms with E-state index in [-0.39, 0.29) is 0 Å². The lowest BCUT2D eigenvalue weighted by Gasteiger charge is -2.00. The summed E-state index contributed by atoms with van der Waals surface area (Å²) in [4.78, 5) is 0. The van der Waals surface area contributed by atoms with Crippen LogP contribution in [0.3, 0.4) is 0 Å². The first kappa shape index (κ1) is 11.3. The summed E-state index contributed by atoms with van der Waals surface area (Å²) in [7, 11) is 2.04. The fraction of sp³-hybridized carbons (Fsp3) is 0.154. The van der Waals surface area contributed by atoms with Crippen molar-refractivity contribution in [3.05, 3.63) is 34.4 Å². The molecule has 0 unspecified atom stereocenters. The van der Waals surface area contributed by atoms with Crippen LogP contribution in [0, 0.1) is 6.92 Å². The first-order valence-corrected chi connectivity index (χ1v) is 6.35. The number of hydrogen-bond donors (Lipinski definition) is 1. The highest BCUT2D eigenvalue weighted by atomic mass is 79.9. The van der Waals surface area contributed by atoms with Gasteiger partial charge in [-0.3, -0.25) is 0 Å². The number of fused-ring (bicyclic) bond motifs is 1. The second-order valence-electron chi connectivity index (χ2n) is 4.27. The maximum absolute atomic E-state index is 5.60. The van der Waals surface area contributed by atoms with Crippen LogP contribution in [0.25, 0.3) is 22.2 Å². The summed E-state index contributed by atoms with van der Waals surface area (Å²) >= 11 is 3.58. The largest absolute Gasteiger partial charge is 0.368 e. The van der Waals surface area contributed by atoms with E-state index in [9.17, 15) is 0 Å². The van der Waals surface area contributed by atoms with Crippen LogP contribution in [0.4, 0.5) is 5.88 Å². The van der Waals surface area contributed by atoms with Crippen LogP contribution in [-0.4, -0.2) is 9.72 Å². The standard InChI is InChI=1S/C13H12BrN3O/c1-7-12(10-6-11(15)18-16-10)8-4-3-5-9(14)13(8)17(7)2/h3-6H,15H2,1-2H3. The van der Waals surface area contributed by atoms with Crippen molar-refractivity contribution >= 4 is 32.7 Å². The van der Waals surface area contributed by atoms with Crippen molar-refractivity contribution in [2.45, 2.75) is 6.92 Å². The van der Waals surface area contributed by atoms with Gasteiger partial charge in [0.1, 0.15) is 5.69 Å². The lowest BCUT2D eigenvalue weighted by atomic mass is 10.1. The Balaban J connectivity index is 2.43. The van der Waals surface area contributed by atoms with Crippen molar-refractivity contribution in [3.63, 3.8) is 0 Å². The molecule has 92 valence electrons. The molecule has 5 heteroatoms. The van der Waals surface area contributed by atoms with Crippen LogP contribution >= 0.6 is 15.9 Å². The molecule has 0 aliphatic carbocycles. The van der Waals surface area contributed by atoms with Crippen molar-refractivity contribution in [3.8, 4) is 11.3 Å². The van der Waals surface area contributed by atoms with Crippen molar-refractivity contribution in [1.29, 1.82) is 0 Å². The van der Waals surface area contributed by atoms with Crippen LogP contribution in [-0.2, 0) is 7.05 Å². The molecule has 2 aromatic heterocycles. The molecular weight excluding hydrogens is 294 g/mol. The summed E-state index contributed by atoms with van der Waals surface area (Å²) < 4.78 is 8.17. The third kappa shape index (κ3) is 1.47. The first-order chi connectivity index (χ1) is 8.59. The number of para-hydroxylation sites is 1. The highest BCUT2D eigenvalue weighted by Gasteiger charge is 2.17. The number of halogens is 1. The molecule has 0 spiro atoms. The number of aryl methyl sites for hydroxylation is 1. The van der Waals surface area contributed by atoms with Crippen LogP contribution in [0.5, 0.6) is 0 Å². The van der Waals surface area contributed by atoms with Crippen molar-refractivity contribution in [2.75, 3.05) is 5.73 Å². The minimum Gasteiger partial charge on any atom is -0.368 e. The zero-order valence-corrected chi connectivity index (χ0v) is 11.7. The molecule has 0 radical (unpaired) electrons. The van der Waals surface area contributed by atoms with Gasteiger partial charge in [-0.1, -0.05) is 17.3 Å². The summed E-state index contributed by atoms with van der Waals surface area (Å²) in [5.74, 6) is 0.330. The molecule has 18 heavy (non-hydrogen) atoms. The molecule has 0 fully saturated rings. The smallest absolute Gasteiger partial charge is 0.222 e. The van der Waals surface area contributed by atoms with Gasteiger partial charge in [-0.05, 0) is 28.9 Å². The highest BCUT2D eigenvalue weighted by molar-refractivity contribution is 9.10. The van der Waals surface area contributed by atoms with Crippen molar-refractivity contribution < 1.29 is 4.52 Å². The molecule has 2 N–H and O–H groups in total. The predicted octanol–water partition coefficient (Wildman–Crippen LogP) is 3.49. The third-order valence-corrected chi connectivity index (χ3v) is 3.88. The summed E-state index contributed by atoms with van der Waals surface area (Å²) in [6, 6.07) is 7.87. The first-order valence-electron chi connectivity index (χ1n) is 5.55. The zero-order chi connectivity index (χ0) is 12.9. The number of hydrogen-bond acceptors (Lipinski definition) is 3. The van der Waals surface area contributed by atoms with Gasteiger partial charge >= 0.3 is 0 Å². The van der Waals surface area contributed by atoms with E-state index < -0.39 is 0 Å². The van der Waals surface area contributed by atoms with Crippen LogP contribution in [0.2, 0.25) is 0 Å². The Bertz CT molecular complexity index is 742. The van der Waals surface area contributed by atoms with Crippen LogP contribution < -0.4 is 5.73 Å². The Hall–Kier alpha value is -1.75. The fourth-order valence-electron chi connectivity index (χ4n) is 2.32. The Labute approximate surface area is 112 Å². The van der Waals surface area contributed by atoms with Gasteiger partial charge in [-0.15, -0.1) is 0 Å². The quantitative estimate of drug-likeness (QED) is 0.749. The molecule has 3 aromatic rings. The number of anilines is 1. The Morgan fingerprint density at radius 1 is 1.39 bits per heavy atom. The Kier molecular flexibility index (Phi) is 2.45. The molecule has 0 atom stereocenters. The van der Waals surface area contributed by atoms with E-state index in [1.807, 2.05) is 19.2 Å². The lowest BCUT2D eigenvalue weighted by Crippen LogP contribution is -1.91. The summed E-state index contributed by atoms with van der Waals surface area (Å²) in [5.41, 5.74) is 9.71. The van der Waals surface area contributed by atoms with Gasteiger partial charge in [-0.25, -0.2) is 0 Å². The molecule has 2 heterocycles. The fourth-order valence-corrected chi connectivity index (χ4v) is 2.95. The number of benzene rings is 1. The molecule has 1 aromatic carbocycles. The van der Waals surface area contributed by atoms with Crippen LogP contribution in [0.15, 0.2) is 33.3 Å². The second-order valence-corrected chi connectivity index (χ2v) is 5.12. The summed E-state index contributed by atoms with van der Waals surface area (Å²) in [6.07, 6.45) is 0. The second kappa shape index (κ2) is 3.88. The molecule has 0 saturated heterocycles. The van der Waals surface area contributed by atoms with Crippen molar-refractivity contribution in [1.82, 2.24) is 9.72 Å². The Morgan fingerprint density at radius 2 is 2.17 bits per heavy atom. The monoisotopic (exact) mass is 305 g/mol. The molecule has 0 saturated carbocycles. The van der Waals surface area contributed by atoms with E-state index in [0.29, 0.717) is 5.88 Å². The van der Waals surface area contributed by atoms with E-state index in [1.54, 1.807) is 6.07 Å². The van der Waals surface area contributed by atoms with Gasteiger partial charge in [0.05, 0.1) is 5.52 Å². The molecule has 0 aliphatic heterocycles. The maximum atomic E-state index is 5.60. The Morgan fingerprint density at radius 3 is 2.83 bits per heavy atom. The third-order valence-electron chi connectivity index (χ3n) is 3.24. The van der Waals surface area contributed by atoms with Gasteiger partial charge in [0.2, 0.25) is 5.88 Å². The highest BCUT2D eigenvalue weighted by Crippen LogP contribution is 2.36. The summed E-state index contributed by atoms with van der Waals surface area (Å²) in [6.45, 7) is 2.06. The number of nitrogens with zero attached hydrogens (tertiary/aromatic N) is 2. The van der Waals surface area contributed by atoms with E-state index in [4.69, 9.17) is 10.3 Å². The van der Waals surface area contributed by atoms with Crippen molar-refractivity contribution in [2.24, 2.45) is 7.05 Å². The minimum absolute atomic E-state index is 0.330. The minimum atomic E-state index is 0.330. The normalized spacial score (nSPS) is 11.3. The van der Waals surface area contributed by atoms with E-state index in [0.717, 1.165) is 32.3 Å². The van der Waals surface area contributed by atoms with E-state index >= 15 is 0 Å². The molecular formula is C13H12BrN3O. The van der Waals surface area contributed by atoms with E-state index in [2.05, 4.69) is 38.6 Å². The zero-order valence-electron chi connectivity index (χ0n) is 10.1. The lowest BCUT2D eigenvalue weighted by molar-refractivity contribution is 0.439. The SMILES string of the molecule is Cc1c(-c2cc(N)on2)c2cccc(Br)c2n1C. The number of nitrogens with two attached hydrogens (primary N) is 1. The molecule has 4 nitrogen and oxygen atoms in total. The molecule has 0 bridgehead atoms. The average molecular weight is 306 g/mol. The van der Waals surface area contributed by atoms with Gasteiger partial charge in [0.25, 0.3) is 0 Å². The van der Waals surface area contributed by atoms with Gasteiger partial charge in [0, 0.05) is 34.2 Å². The molecule has 0 amide bonds. The predicted molar refractivity (Wildman–Crippen MR) is 75.3 cm³/mol. The van der Waals surface area contributed by atoms with Gasteiger partial charge in [-0.2, -0.15) is 0 Å². The number of rotatable bonds is 1. The van der Waals surface area contributed by atoms with Gasteiger partial charge in [0.15, 0.2) is 0 Å². The topological polar surface area (TPSA) is 57.0 Å². The average Bonchev–Trinajstić information content (AvgIpc) is 2.84. The number of nitrogen functional groups attached to an aromatic ring is 1. The molecule has 0 aliphatic rings. The summed E-state index contributed by atoms with van der Waals surface area (Å²) in [5, 5.41) is 5.15. The maximum Gasteiger partial charge on any atom is 0.222 e. The molecule has 3 rings (SSSR count). The number of aromatic nitrogens is 2.